The molecule has 0 unspecified atom stereocenters. The first kappa shape index (κ1) is 18.1. The van der Waals surface area contributed by atoms with Gasteiger partial charge in [-0.05, 0) is 12.1 Å². The summed E-state index contributed by atoms with van der Waals surface area (Å²) in [4.78, 5) is 14.9. The molecular weight excluding hydrogens is 397 g/mol. The van der Waals surface area contributed by atoms with Gasteiger partial charge in [-0.2, -0.15) is 0 Å². The van der Waals surface area contributed by atoms with Gasteiger partial charge >= 0.3 is 0 Å². The van der Waals surface area contributed by atoms with Crippen LogP contribution >= 0.6 is 23.2 Å². The number of ether oxygens (including phenoxy) is 1. The lowest BCUT2D eigenvalue weighted by Crippen LogP contribution is -2.39. The fourth-order valence-corrected chi connectivity index (χ4v) is 3.45. The Bertz CT molecular complexity index is 997. The molecule has 0 amide bonds. The summed E-state index contributed by atoms with van der Waals surface area (Å²) < 4.78 is 32.4. The number of halogens is 4. The Kier molecular flexibility index (Phi) is 4.97. The standard InChI is InChI=1S/C18H14Cl2F2N4O/c19-16-8-13-14(9-23-16)24-17(20)18(25-13)26-5-3-11(4-6-26)27-15-2-1-10(21)7-12(15)22/h1-2,7-9,11H,3-6H2. The molecule has 1 saturated heterocycles. The van der Waals surface area contributed by atoms with Crippen LogP contribution in [-0.2, 0) is 0 Å². The second-order valence-electron chi connectivity index (χ2n) is 6.21. The molecule has 4 rings (SSSR count). The minimum absolute atomic E-state index is 0.0560. The second-order valence-corrected chi connectivity index (χ2v) is 6.96. The smallest absolute Gasteiger partial charge is 0.172 e. The summed E-state index contributed by atoms with van der Waals surface area (Å²) in [5.41, 5.74) is 1.18. The monoisotopic (exact) mass is 410 g/mol. The van der Waals surface area contributed by atoms with Crippen molar-refractivity contribution < 1.29 is 13.5 Å². The number of anilines is 1. The first-order valence-electron chi connectivity index (χ1n) is 8.35. The van der Waals surface area contributed by atoms with Gasteiger partial charge in [0.1, 0.15) is 22.6 Å². The van der Waals surface area contributed by atoms with E-state index in [0.29, 0.717) is 47.9 Å². The van der Waals surface area contributed by atoms with Gasteiger partial charge in [0.05, 0.1) is 11.7 Å². The van der Waals surface area contributed by atoms with E-state index in [9.17, 15) is 8.78 Å². The molecule has 3 aromatic rings. The Labute approximate surface area is 163 Å². The second kappa shape index (κ2) is 7.40. The molecule has 1 aromatic carbocycles. The van der Waals surface area contributed by atoms with E-state index in [1.165, 1.54) is 18.3 Å². The van der Waals surface area contributed by atoms with Gasteiger partial charge in [0.15, 0.2) is 22.5 Å². The maximum absolute atomic E-state index is 13.8. The minimum atomic E-state index is -0.702. The van der Waals surface area contributed by atoms with Crippen LogP contribution in [-0.4, -0.2) is 34.1 Å². The number of benzene rings is 1. The van der Waals surface area contributed by atoms with Gasteiger partial charge in [0, 0.05) is 38.1 Å². The normalized spacial score (nSPS) is 15.3. The molecule has 1 aliphatic heterocycles. The highest BCUT2D eigenvalue weighted by atomic mass is 35.5. The number of aromatic nitrogens is 3. The Balaban J connectivity index is 1.47. The number of piperidine rings is 1. The van der Waals surface area contributed by atoms with E-state index in [1.807, 2.05) is 4.90 Å². The van der Waals surface area contributed by atoms with E-state index in [4.69, 9.17) is 27.9 Å². The van der Waals surface area contributed by atoms with Crippen molar-refractivity contribution in [2.75, 3.05) is 18.0 Å². The molecule has 140 valence electrons. The van der Waals surface area contributed by atoms with Crippen molar-refractivity contribution >= 4 is 40.1 Å². The molecule has 5 nitrogen and oxygen atoms in total. The van der Waals surface area contributed by atoms with E-state index >= 15 is 0 Å². The molecular formula is C18H14Cl2F2N4O. The number of hydrogen-bond donors (Lipinski definition) is 0. The Morgan fingerprint density at radius 1 is 1.04 bits per heavy atom. The quantitative estimate of drug-likeness (QED) is 0.587. The highest BCUT2D eigenvalue weighted by Gasteiger charge is 2.24. The number of pyridine rings is 1. The molecule has 0 saturated carbocycles. The van der Waals surface area contributed by atoms with Crippen LogP contribution in [0.25, 0.3) is 11.0 Å². The van der Waals surface area contributed by atoms with E-state index in [0.717, 1.165) is 6.07 Å². The van der Waals surface area contributed by atoms with E-state index in [2.05, 4.69) is 15.0 Å². The lowest BCUT2D eigenvalue weighted by atomic mass is 10.1. The topological polar surface area (TPSA) is 51.1 Å². The number of fused-ring (bicyclic) bond motifs is 1. The molecule has 0 N–H and O–H groups in total. The Hall–Kier alpha value is -2.25. The van der Waals surface area contributed by atoms with Gasteiger partial charge in [-0.25, -0.2) is 23.7 Å². The third-order valence-electron chi connectivity index (χ3n) is 4.39. The highest BCUT2D eigenvalue weighted by Crippen LogP contribution is 2.29. The zero-order valence-electron chi connectivity index (χ0n) is 14.0. The number of hydrogen-bond acceptors (Lipinski definition) is 5. The molecule has 9 heteroatoms. The largest absolute Gasteiger partial charge is 0.487 e. The van der Waals surface area contributed by atoms with Gasteiger partial charge in [-0.1, -0.05) is 23.2 Å². The predicted octanol–water partition coefficient (Wildman–Crippen LogP) is 4.66. The molecule has 2 aromatic heterocycles. The average Bonchev–Trinajstić information content (AvgIpc) is 2.64. The molecule has 27 heavy (non-hydrogen) atoms. The molecule has 0 atom stereocenters. The third kappa shape index (κ3) is 3.89. The molecule has 1 aliphatic rings. The van der Waals surface area contributed by atoms with Crippen molar-refractivity contribution in [3.63, 3.8) is 0 Å². The van der Waals surface area contributed by atoms with Crippen molar-refractivity contribution in [2.45, 2.75) is 18.9 Å². The van der Waals surface area contributed by atoms with Crippen molar-refractivity contribution in [1.29, 1.82) is 0 Å². The fourth-order valence-electron chi connectivity index (χ4n) is 3.04. The lowest BCUT2D eigenvalue weighted by molar-refractivity contribution is 0.163. The average molecular weight is 411 g/mol. The van der Waals surface area contributed by atoms with Crippen LogP contribution in [0.2, 0.25) is 10.3 Å². The van der Waals surface area contributed by atoms with Gasteiger partial charge in [-0.15, -0.1) is 0 Å². The maximum Gasteiger partial charge on any atom is 0.172 e. The molecule has 1 fully saturated rings. The van der Waals surface area contributed by atoms with Crippen LogP contribution in [0.15, 0.2) is 30.5 Å². The zero-order chi connectivity index (χ0) is 19.0. The predicted molar refractivity (Wildman–Crippen MR) is 99.6 cm³/mol. The summed E-state index contributed by atoms with van der Waals surface area (Å²) in [5.74, 6) is -0.709. The van der Waals surface area contributed by atoms with E-state index in [-0.39, 0.29) is 17.0 Å². The summed E-state index contributed by atoms with van der Waals surface area (Å²) >= 11 is 12.2. The number of rotatable bonds is 3. The molecule has 3 heterocycles. The molecule has 0 bridgehead atoms. The summed E-state index contributed by atoms with van der Waals surface area (Å²) in [5, 5.41) is 0.620. The van der Waals surface area contributed by atoms with Crippen LogP contribution in [0.4, 0.5) is 14.6 Å². The van der Waals surface area contributed by atoms with Gasteiger partial charge in [0.2, 0.25) is 0 Å². The van der Waals surface area contributed by atoms with Gasteiger partial charge in [0.25, 0.3) is 0 Å². The SMILES string of the molecule is Fc1ccc(OC2CCN(c3nc4cc(Cl)ncc4nc3Cl)CC2)c(F)c1. The zero-order valence-corrected chi connectivity index (χ0v) is 15.5. The van der Waals surface area contributed by atoms with Crippen LogP contribution in [0.3, 0.4) is 0 Å². The van der Waals surface area contributed by atoms with Crippen LogP contribution in [0, 0.1) is 11.6 Å². The summed E-state index contributed by atoms with van der Waals surface area (Å²) in [7, 11) is 0. The van der Waals surface area contributed by atoms with Crippen molar-refractivity contribution in [3.8, 4) is 5.75 Å². The molecule has 0 aliphatic carbocycles. The summed E-state index contributed by atoms with van der Waals surface area (Å²) in [6.07, 6.45) is 2.64. The first-order chi connectivity index (χ1) is 13.0. The lowest BCUT2D eigenvalue weighted by Gasteiger charge is -2.33. The van der Waals surface area contributed by atoms with E-state index < -0.39 is 11.6 Å². The van der Waals surface area contributed by atoms with Crippen molar-refractivity contribution in [3.05, 3.63) is 52.4 Å². The fraction of sp³-hybridized carbons (Fsp3) is 0.278. The van der Waals surface area contributed by atoms with Crippen LogP contribution in [0.5, 0.6) is 5.75 Å². The Morgan fingerprint density at radius 3 is 2.56 bits per heavy atom. The number of nitrogens with zero attached hydrogens (tertiary/aromatic N) is 4. The maximum atomic E-state index is 13.8. The first-order valence-corrected chi connectivity index (χ1v) is 9.10. The van der Waals surface area contributed by atoms with Gasteiger partial charge in [-0.3, -0.25) is 0 Å². The van der Waals surface area contributed by atoms with Crippen molar-refractivity contribution in [1.82, 2.24) is 15.0 Å². The summed E-state index contributed by atoms with van der Waals surface area (Å²) in [6.45, 7) is 1.23. The third-order valence-corrected chi connectivity index (χ3v) is 4.85. The van der Waals surface area contributed by atoms with Gasteiger partial charge < -0.3 is 9.64 Å². The van der Waals surface area contributed by atoms with E-state index in [1.54, 1.807) is 6.07 Å². The van der Waals surface area contributed by atoms with Crippen LogP contribution in [0.1, 0.15) is 12.8 Å². The molecule has 0 radical (unpaired) electrons. The van der Waals surface area contributed by atoms with Crippen molar-refractivity contribution in [2.24, 2.45) is 0 Å². The highest BCUT2D eigenvalue weighted by molar-refractivity contribution is 6.32. The van der Waals surface area contributed by atoms with Crippen LogP contribution < -0.4 is 9.64 Å². The minimum Gasteiger partial charge on any atom is -0.487 e. The molecule has 0 spiro atoms. The Morgan fingerprint density at radius 2 is 1.81 bits per heavy atom. The summed E-state index contributed by atoms with van der Waals surface area (Å²) in [6, 6.07) is 4.93.